The van der Waals surface area contributed by atoms with Crippen LogP contribution in [0.25, 0.3) is 0 Å². The minimum Gasteiger partial charge on any atom is -0.346 e. The average Bonchev–Trinajstić information content (AvgIpc) is 3.03. The maximum absolute atomic E-state index is 12.6. The molecule has 10 heteroatoms. The smallest absolute Gasteiger partial charge is 0.331 e. The Morgan fingerprint density at radius 2 is 1.06 bits per heavy atom. The average molecular weight is 769 g/mol. The van der Waals surface area contributed by atoms with E-state index in [1.807, 2.05) is 0 Å². The summed E-state index contributed by atoms with van der Waals surface area (Å²) in [5.74, 6) is 2.40. The highest BCUT2D eigenvalue weighted by Gasteiger charge is 2.35. The molecule has 3 fully saturated rings. The number of hydrogen-bond donors (Lipinski definition) is 2. The van der Waals surface area contributed by atoms with Crippen molar-refractivity contribution in [1.82, 2.24) is 0 Å². The largest absolute Gasteiger partial charge is 0.346 e. The van der Waals surface area contributed by atoms with Gasteiger partial charge in [-0.25, -0.2) is 0 Å². The second-order valence-electron chi connectivity index (χ2n) is 16.3. The van der Waals surface area contributed by atoms with Gasteiger partial charge in [-0.2, -0.15) is 0 Å². The molecule has 0 amide bonds. The summed E-state index contributed by atoms with van der Waals surface area (Å²) in [5, 5.41) is 0. The van der Waals surface area contributed by atoms with Crippen LogP contribution in [0.2, 0.25) is 0 Å². The van der Waals surface area contributed by atoms with Crippen molar-refractivity contribution in [2.24, 2.45) is 17.8 Å². The standard InChI is InChI=1S/C16H31O3P.C12H25O2P.C12H27O2P/c17-20(18,16-13-9-5-2-6-10-14-16)19-15-11-7-3-1-4-8-12-15;1-7(2)10-13-11(8(3)4)15-12(14-10)9(5)6;1-2-3-4-5-6-7-8-9-10-11-12-15(13)14/h15-16H,1-14H2,(H,17,18);7-12,15H,1-6H3;15H,2-12H2,1H3,(H,13,14). The summed E-state index contributed by atoms with van der Waals surface area (Å²) >= 11 is 0. The van der Waals surface area contributed by atoms with E-state index in [1.54, 1.807) is 0 Å². The molecule has 1 aliphatic heterocycles. The third-order valence-corrected chi connectivity index (χ3v) is 15.4. The molecule has 0 aromatic heterocycles. The summed E-state index contributed by atoms with van der Waals surface area (Å²) < 4.78 is 40.8. The summed E-state index contributed by atoms with van der Waals surface area (Å²) in [6.45, 7) is 15.5. The lowest BCUT2D eigenvalue weighted by molar-refractivity contribution is -0.209. The molecular formula is C40H83O7P3. The summed E-state index contributed by atoms with van der Waals surface area (Å²) in [6.07, 6.45) is 29.0. The lowest BCUT2D eigenvalue weighted by Crippen LogP contribution is -2.39. The first-order valence-electron chi connectivity index (χ1n) is 21.2. The molecule has 2 N–H and O–H groups in total. The SMILES string of the molecule is CC(C)C1OC(C(C)C)PC(C(C)C)O1.CCCCCCCCCCCC[PH](=O)O.O=P(O)(OC1CCCCCCC1)C1CCCCCCC1. The molecule has 4 unspecified atom stereocenters. The zero-order chi connectivity index (χ0) is 37.2. The third kappa shape index (κ3) is 24.2. The maximum atomic E-state index is 12.6. The molecule has 0 radical (unpaired) electrons. The van der Waals surface area contributed by atoms with Gasteiger partial charge in [0.05, 0.1) is 23.5 Å². The van der Waals surface area contributed by atoms with Gasteiger partial charge in [0.25, 0.3) is 0 Å². The predicted molar refractivity (Wildman–Crippen MR) is 217 cm³/mol. The van der Waals surface area contributed by atoms with Gasteiger partial charge in [-0.1, -0.05) is 179 Å². The second-order valence-corrected chi connectivity index (χ2v) is 21.2. The van der Waals surface area contributed by atoms with Crippen LogP contribution in [0.15, 0.2) is 0 Å². The van der Waals surface area contributed by atoms with Crippen LogP contribution in [0.5, 0.6) is 0 Å². The zero-order valence-electron chi connectivity index (χ0n) is 33.7. The molecule has 0 aromatic rings. The minimum absolute atomic E-state index is 0.00829. The molecule has 0 spiro atoms. The fourth-order valence-corrected chi connectivity index (χ4v) is 10.8. The van der Waals surface area contributed by atoms with Gasteiger partial charge in [-0.3, -0.25) is 9.13 Å². The minimum atomic E-state index is -3.42. The first-order chi connectivity index (χ1) is 23.9. The van der Waals surface area contributed by atoms with E-state index in [1.165, 1.54) is 89.9 Å². The van der Waals surface area contributed by atoms with Crippen LogP contribution in [0.4, 0.5) is 0 Å². The van der Waals surface area contributed by atoms with E-state index >= 15 is 0 Å². The highest BCUT2D eigenvalue weighted by molar-refractivity contribution is 7.53. The van der Waals surface area contributed by atoms with Crippen molar-refractivity contribution < 1.29 is 32.9 Å². The third-order valence-electron chi connectivity index (χ3n) is 10.3. The van der Waals surface area contributed by atoms with Crippen LogP contribution in [-0.4, -0.2) is 45.7 Å². The van der Waals surface area contributed by atoms with Crippen molar-refractivity contribution in [2.75, 3.05) is 6.16 Å². The monoisotopic (exact) mass is 769 g/mol. The Bertz CT molecular complexity index is 817. The first-order valence-corrected chi connectivity index (χ1v) is 25.5. The van der Waals surface area contributed by atoms with Gasteiger partial charge in [-0.15, -0.1) is 0 Å². The van der Waals surface area contributed by atoms with Gasteiger partial charge >= 0.3 is 7.60 Å². The molecule has 3 rings (SSSR count). The van der Waals surface area contributed by atoms with E-state index in [-0.39, 0.29) is 18.1 Å². The van der Waals surface area contributed by atoms with Gasteiger partial charge < -0.3 is 23.8 Å². The first kappa shape index (κ1) is 48.7. The fraction of sp³-hybridized carbons (Fsp3) is 1.00. The molecule has 300 valence electrons. The zero-order valence-corrected chi connectivity index (χ0v) is 36.6. The number of hydrogen-bond acceptors (Lipinski definition) is 5. The maximum Gasteiger partial charge on any atom is 0.331 e. The van der Waals surface area contributed by atoms with Gasteiger partial charge in [0, 0.05) is 12.1 Å². The van der Waals surface area contributed by atoms with Crippen LogP contribution in [0, 0.1) is 17.8 Å². The summed E-state index contributed by atoms with van der Waals surface area (Å²) in [6, 6.07) is 0. The van der Waals surface area contributed by atoms with E-state index in [2.05, 4.69) is 48.5 Å². The van der Waals surface area contributed by atoms with Crippen molar-refractivity contribution in [3.05, 3.63) is 0 Å². The van der Waals surface area contributed by atoms with Gasteiger partial charge in [0.1, 0.15) is 0 Å². The highest BCUT2D eigenvalue weighted by atomic mass is 31.2. The Morgan fingerprint density at radius 1 is 0.660 bits per heavy atom. The van der Waals surface area contributed by atoms with Crippen molar-refractivity contribution in [3.8, 4) is 0 Å². The van der Waals surface area contributed by atoms with Crippen LogP contribution in [0.1, 0.15) is 203 Å². The molecule has 50 heavy (non-hydrogen) atoms. The molecule has 0 bridgehead atoms. The normalized spacial score (nSPS) is 25.4. The number of unbranched alkanes of at least 4 members (excludes halogenated alkanes) is 9. The van der Waals surface area contributed by atoms with Crippen LogP contribution >= 0.6 is 24.2 Å². The Morgan fingerprint density at radius 3 is 1.46 bits per heavy atom. The van der Waals surface area contributed by atoms with Crippen LogP contribution in [-0.2, 0) is 23.1 Å². The molecule has 1 heterocycles. The lowest BCUT2D eigenvalue weighted by atomic mass is 9.99. The Labute approximate surface area is 312 Å². The quantitative estimate of drug-likeness (QED) is 0.112. The molecule has 2 saturated carbocycles. The van der Waals surface area contributed by atoms with Crippen molar-refractivity contribution >= 4 is 24.2 Å². The molecule has 7 nitrogen and oxygen atoms in total. The summed E-state index contributed by atoms with van der Waals surface area (Å²) in [5.41, 5.74) is -0.103. The van der Waals surface area contributed by atoms with Gasteiger partial charge in [-0.05, 0) is 43.9 Å². The molecule has 4 atom stereocenters. The predicted octanol–water partition coefficient (Wildman–Crippen LogP) is 13.4. The van der Waals surface area contributed by atoms with Gasteiger partial charge in [0.15, 0.2) is 14.3 Å². The van der Waals surface area contributed by atoms with Crippen LogP contribution in [0.3, 0.4) is 0 Å². The summed E-state index contributed by atoms with van der Waals surface area (Å²) in [7, 11) is -4.83. The number of ether oxygens (including phenoxy) is 2. The molecule has 3 aliphatic rings. The lowest BCUT2D eigenvalue weighted by Gasteiger charge is -2.40. The van der Waals surface area contributed by atoms with E-state index in [9.17, 15) is 14.0 Å². The second kappa shape index (κ2) is 30.0. The Balaban J connectivity index is 0.000000382. The Kier molecular flexibility index (Phi) is 29.2. The summed E-state index contributed by atoms with van der Waals surface area (Å²) in [4.78, 5) is 19.0. The molecule has 2 aliphatic carbocycles. The number of rotatable bonds is 17. The van der Waals surface area contributed by atoms with Crippen LogP contribution < -0.4 is 0 Å². The molecule has 1 saturated heterocycles. The topological polar surface area (TPSA) is 102 Å². The highest BCUT2D eigenvalue weighted by Crippen LogP contribution is 2.54. The van der Waals surface area contributed by atoms with Crippen molar-refractivity contribution in [3.63, 3.8) is 0 Å². The van der Waals surface area contributed by atoms with Crippen molar-refractivity contribution in [1.29, 1.82) is 0 Å². The molecule has 0 aromatic carbocycles. The van der Waals surface area contributed by atoms with Crippen molar-refractivity contribution in [2.45, 2.75) is 232 Å². The van der Waals surface area contributed by atoms with E-state index < -0.39 is 15.6 Å². The Hall–Kier alpha value is 0.690. The molecular weight excluding hydrogens is 685 g/mol. The fourth-order valence-electron chi connectivity index (χ4n) is 6.92. The van der Waals surface area contributed by atoms with Gasteiger partial charge in [0.2, 0.25) is 0 Å². The van der Waals surface area contributed by atoms with E-state index in [0.717, 1.165) is 72.8 Å². The van der Waals surface area contributed by atoms with E-state index in [4.69, 9.17) is 18.9 Å². The van der Waals surface area contributed by atoms with E-state index in [0.29, 0.717) is 35.6 Å².